The van der Waals surface area contributed by atoms with E-state index in [9.17, 15) is 9.18 Å². The molecule has 0 aromatic rings. The monoisotopic (exact) mass is 185 g/mol. The van der Waals surface area contributed by atoms with Crippen molar-refractivity contribution in [3.05, 3.63) is 11.3 Å². The summed E-state index contributed by atoms with van der Waals surface area (Å²) in [6.45, 7) is 7.50. The zero-order chi connectivity index (χ0) is 10.2. The van der Waals surface area contributed by atoms with Crippen molar-refractivity contribution < 1.29 is 9.18 Å². The van der Waals surface area contributed by atoms with Crippen molar-refractivity contribution in [2.75, 3.05) is 6.54 Å². The Balaban J connectivity index is 3.09. The predicted molar refractivity (Wildman–Crippen MR) is 49.9 cm³/mol. The number of carbonyl (C=O) groups is 1. The lowest BCUT2D eigenvalue weighted by molar-refractivity contribution is -0.142. The van der Waals surface area contributed by atoms with Gasteiger partial charge in [-0.25, -0.2) is 4.39 Å². The number of allylic oxidation sites excluding steroid dienone is 2. The summed E-state index contributed by atoms with van der Waals surface area (Å²) in [6, 6.07) is 0. The Morgan fingerprint density at radius 3 is 2.54 bits per heavy atom. The van der Waals surface area contributed by atoms with Gasteiger partial charge in [-0.2, -0.15) is 0 Å². The normalized spacial score (nSPS) is 29.9. The van der Waals surface area contributed by atoms with Crippen LogP contribution in [0.5, 0.6) is 0 Å². The third-order valence-electron chi connectivity index (χ3n) is 2.63. The van der Waals surface area contributed by atoms with E-state index in [-0.39, 0.29) is 6.42 Å². The van der Waals surface area contributed by atoms with Gasteiger partial charge in [0, 0.05) is 18.7 Å². The lowest BCUT2D eigenvalue weighted by Gasteiger charge is -2.35. The molecule has 0 spiro atoms. The second-order valence-corrected chi connectivity index (χ2v) is 3.79. The number of hydrogen-bond acceptors (Lipinski definition) is 1. The van der Waals surface area contributed by atoms with Crippen LogP contribution in [0.3, 0.4) is 0 Å². The molecule has 0 aromatic carbocycles. The molecule has 0 N–H and O–H groups in total. The molecule has 0 saturated carbocycles. The fourth-order valence-corrected chi connectivity index (χ4v) is 1.75. The molecule has 0 aliphatic carbocycles. The van der Waals surface area contributed by atoms with Crippen LogP contribution in [0.2, 0.25) is 0 Å². The first-order valence-corrected chi connectivity index (χ1v) is 4.57. The molecule has 1 rings (SSSR count). The molecule has 0 saturated heterocycles. The van der Waals surface area contributed by atoms with Gasteiger partial charge in [0.15, 0.2) is 5.67 Å². The van der Waals surface area contributed by atoms with E-state index in [0.29, 0.717) is 6.54 Å². The van der Waals surface area contributed by atoms with E-state index in [4.69, 9.17) is 0 Å². The molecule has 1 aliphatic rings. The average Bonchev–Trinajstić information content (AvgIpc) is 2.02. The highest BCUT2D eigenvalue weighted by Gasteiger charge is 2.41. The van der Waals surface area contributed by atoms with Crippen molar-refractivity contribution in [3.63, 3.8) is 0 Å². The van der Waals surface area contributed by atoms with Crippen molar-refractivity contribution in [1.29, 1.82) is 0 Å². The Morgan fingerprint density at radius 1 is 1.54 bits per heavy atom. The zero-order valence-electron chi connectivity index (χ0n) is 8.65. The molecule has 1 atom stereocenters. The number of nitrogens with zero attached hydrogens (tertiary/aromatic N) is 1. The van der Waals surface area contributed by atoms with Crippen LogP contribution in [0.4, 0.5) is 4.39 Å². The molecular weight excluding hydrogens is 169 g/mol. The van der Waals surface area contributed by atoms with Gasteiger partial charge in [0.2, 0.25) is 0 Å². The van der Waals surface area contributed by atoms with Crippen LogP contribution in [-0.2, 0) is 4.79 Å². The van der Waals surface area contributed by atoms with Crippen LogP contribution in [0.15, 0.2) is 11.3 Å². The molecular formula is C10H16FNO. The SMILES string of the molecule is CCN1C(=O)C(C)(F)CC(C)=C1C. The minimum absolute atomic E-state index is 0.230. The Morgan fingerprint density at radius 2 is 2.08 bits per heavy atom. The zero-order valence-corrected chi connectivity index (χ0v) is 8.65. The highest BCUT2D eigenvalue weighted by Crippen LogP contribution is 2.32. The Kier molecular flexibility index (Phi) is 2.46. The highest BCUT2D eigenvalue weighted by molar-refractivity contribution is 5.87. The van der Waals surface area contributed by atoms with E-state index in [1.807, 2.05) is 20.8 Å². The predicted octanol–water partition coefficient (Wildman–Crippen LogP) is 2.26. The van der Waals surface area contributed by atoms with Crippen LogP contribution in [-0.4, -0.2) is 23.0 Å². The van der Waals surface area contributed by atoms with Crippen molar-refractivity contribution >= 4 is 5.91 Å². The second kappa shape index (κ2) is 3.13. The van der Waals surface area contributed by atoms with Gasteiger partial charge < -0.3 is 4.90 Å². The number of rotatable bonds is 1. The van der Waals surface area contributed by atoms with Crippen molar-refractivity contribution in [2.24, 2.45) is 0 Å². The number of halogens is 1. The van der Waals surface area contributed by atoms with Gasteiger partial charge in [0.05, 0.1) is 0 Å². The molecule has 0 aromatic heterocycles. The fraction of sp³-hybridized carbons (Fsp3) is 0.700. The number of amides is 1. The summed E-state index contributed by atoms with van der Waals surface area (Å²) in [4.78, 5) is 13.1. The standard InChI is InChI=1S/C10H16FNO/c1-5-12-8(3)7(2)6-10(4,11)9(12)13/h5-6H2,1-4H3. The van der Waals surface area contributed by atoms with E-state index in [1.165, 1.54) is 11.8 Å². The van der Waals surface area contributed by atoms with Crippen LogP contribution in [0, 0.1) is 0 Å². The van der Waals surface area contributed by atoms with E-state index in [0.717, 1.165) is 11.3 Å². The summed E-state index contributed by atoms with van der Waals surface area (Å²) >= 11 is 0. The molecule has 0 radical (unpaired) electrons. The Bertz CT molecular complexity index is 268. The fourth-order valence-electron chi connectivity index (χ4n) is 1.75. The summed E-state index contributed by atoms with van der Waals surface area (Å²) in [7, 11) is 0. The van der Waals surface area contributed by atoms with Crippen LogP contribution < -0.4 is 0 Å². The maximum absolute atomic E-state index is 13.7. The Labute approximate surface area is 78.4 Å². The number of carbonyl (C=O) groups excluding carboxylic acids is 1. The molecule has 74 valence electrons. The van der Waals surface area contributed by atoms with Crippen LogP contribution >= 0.6 is 0 Å². The average molecular weight is 185 g/mol. The molecule has 0 bridgehead atoms. The van der Waals surface area contributed by atoms with Gasteiger partial charge in [0.25, 0.3) is 5.91 Å². The lowest BCUT2D eigenvalue weighted by Crippen LogP contribution is -2.47. The highest BCUT2D eigenvalue weighted by atomic mass is 19.1. The summed E-state index contributed by atoms with van der Waals surface area (Å²) in [5.41, 5.74) is 0.161. The summed E-state index contributed by atoms with van der Waals surface area (Å²) in [5, 5.41) is 0. The third-order valence-corrected chi connectivity index (χ3v) is 2.63. The molecule has 0 fully saturated rings. The minimum atomic E-state index is -1.71. The molecule has 13 heavy (non-hydrogen) atoms. The van der Waals surface area contributed by atoms with Crippen molar-refractivity contribution in [1.82, 2.24) is 4.90 Å². The van der Waals surface area contributed by atoms with Gasteiger partial charge in [-0.15, -0.1) is 0 Å². The van der Waals surface area contributed by atoms with Crippen molar-refractivity contribution in [2.45, 2.75) is 39.8 Å². The smallest absolute Gasteiger partial charge is 0.264 e. The van der Waals surface area contributed by atoms with Gasteiger partial charge in [-0.3, -0.25) is 4.79 Å². The Hall–Kier alpha value is -0.860. The van der Waals surface area contributed by atoms with E-state index in [2.05, 4.69) is 0 Å². The van der Waals surface area contributed by atoms with Gasteiger partial charge in [-0.05, 0) is 27.7 Å². The summed E-state index contributed by atoms with van der Waals surface area (Å²) in [6.07, 6.45) is 0.230. The third kappa shape index (κ3) is 1.60. The second-order valence-electron chi connectivity index (χ2n) is 3.79. The number of alkyl halides is 1. The summed E-state index contributed by atoms with van der Waals surface area (Å²) in [5.74, 6) is -0.405. The first-order valence-electron chi connectivity index (χ1n) is 4.57. The first-order chi connectivity index (χ1) is 5.90. The van der Waals surface area contributed by atoms with Gasteiger partial charge in [-0.1, -0.05) is 5.57 Å². The van der Waals surface area contributed by atoms with Gasteiger partial charge in [0.1, 0.15) is 0 Å². The van der Waals surface area contributed by atoms with Gasteiger partial charge >= 0.3 is 0 Å². The molecule has 1 unspecified atom stereocenters. The minimum Gasteiger partial charge on any atom is -0.314 e. The lowest BCUT2D eigenvalue weighted by atomic mass is 9.92. The summed E-state index contributed by atoms with van der Waals surface area (Å²) < 4.78 is 13.7. The number of hydrogen-bond donors (Lipinski definition) is 0. The molecule has 1 aliphatic heterocycles. The van der Waals surface area contributed by atoms with E-state index < -0.39 is 11.6 Å². The molecule has 1 heterocycles. The largest absolute Gasteiger partial charge is 0.314 e. The van der Waals surface area contributed by atoms with Crippen LogP contribution in [0.1, 0.15) is 34.1 Å². The maximum Gasteiger partial charge on any atom is 0.264 e. The quantitative estimate of drug-likeness (QED) is 0.613. The molecule has 1 amide bonds. The van der Waals surface area contributed by atoms with Crippen LogP contribution in [0.25, 0.3) is 0 Å². The molecule has 2 nitrogen and oxygen atoms in total. The van der Waals surface area contributed by atoms with Crippen molar-refractivity contribution in [3.8, 4) is 0 Å². The maximum atomic E-state index is 13.7. The van der Waals surface area contributed by atoms with E-state index >= 15 is 0 Å². The first kappa shape index (κ1) is 10.2. The topological polar surface area (TPSA) is 20.3 Å². The van der Waals surface area contributed by atoms with E-state index in [1.54, 1.807) is 0 Å². The molecule has 3 heteroatoms.